The van der Waals surface area contributed by atoms with Crippen LogP contribution in [-0.4, -0.2) is 29.2 Å². The van der Waals surface area contributed by atoms with Crippen molar-refractivity contribution >= 4 is 29.3 Å². The molecule has 0 unspecified atom stereocenters. The van der Waals surface area contributed by atoms with Crippen LogP contribution in [0.5, 0.6) is 0 Å². The Morgan fingerprint density at radius 1 is 1.45 bits per heavy atom. The first-order valence-corrected chi connectivity index (χ1v) is 7.04. The molecule has 0 atom stereocenters. The van der Waals surface area contributed by atoms with Crippen LogP contribution >= 0.6 is 11.3 Å². The minimum atomic E-state index is -0.996. The van der Waals surface area contributed by atoms with E-state index in [2.05, 4.69) is 5.32 Å². The predicted molar refractivity (Wildman–Crippen MR) is 78.5 cm³/mol. The lowest BCUT2D eigenvalue weighted by Gasteiger charge is -2.18. The molecule has 0 aliphatic carbocycles. The molecule has 1 rings (SSSR count). The number of hydrogen-bond donors (Lipinski definition) is 2. The molecule has 1 amide bonds. The van der Waals surface area contributed by atoms with Crippen LogP contribution in [0.2, 0.25) is 0 Å². The molecule has 1 heterocycles. The number of thiophene rings is 1. The zero-order valence-electron chi connectivity index (χ0n) is 11.8. The first-order valence-electron chi connectivity index (χ1n) is 6.16. The lowest BCUT2D eigenvalue weighted by atomic mass is 10.2. The SMILES string of the molecule is CC(C)(C)OCC(=O)NCc1sccc1/C=C/C(=O)O. The van der Waals surface area contributed by atoms with Crippen molar-refractivity contribution in [1.82, 2.24) is 5.32 Å². The number of rotatable bonds is 6. The highest BCUT2D eigenvalue weighted by Crippen LogP contribution is 2.18. The Hall–Kier alpha value is -1.66. The summed E-state index contributed by atoms with van der Waals surface area (Å²) in [5.74, 6) is -1.19. The molecule has 2 N–H and O–H groups in total. The molecule has 1 aromatic heterocycles. The van der Waals surface area contributed by atoms with Crippen molar-refractivity contribution in [2.45, 2.75) is 32.9 Å². The Labute approximate surface area is 122 Å². The molecule has 1 aromatic rings. The predicted octanol–water partition coefficient (Wildman–Crippen LogP) is 2.28. The maximum absolute atomic E-state index is 11.6. The largest absolute Gasteiger partial charge is 0.478 e. The van der Waals surface area contributed by atoms with E-state index in [4.69, 9.17) is 9.84 Å². The second kappa shape index (κ2) is 7.21. The third kappa shape index (κ3) is 6.49. The van der Waals surface area contributed by atoms with Gasteiger partial charge in [-0.15, -0.1) is 11.3 Å². The van der Waals surface area contributed by atoms with Crippen molar-refractivity contribution < 1.29 is 19.4 Å². The van der Waals surface area contributed by atoms with Gasteiger partial charge in [0.1, 0.15) is 6.61 Å². The summed E-state index contributed by atoms with van der Waals surface area (Å²) in [5.41, 5.74) is 0.449. The van der Waals surface area contributed by atoms with Crippen LogP contribution in [-0.2, 0) is 20.9 Å². The number of nitrogens with one attached hydrogen (secondary N) is 1. The Morgan fingerprint density at radius 3 is 2.75 bits per heavy atom. The Kier molecular flexibility index (Phi) is 5.91. The fourth-order valence-corrected chi connectivity index (χ4v) is 2.12. The number of hydrogen-bond acceptors (Lipinski definition) is 4. The van der Waals surface area contributed by atoms with Crippen LogP contribution in [0.15, 0.2) is 17.5 Å². The van der Waals surface area contributed by atoms with Crippen molar-refractivity contribution in [3.8, 4) is 0 Å². The molecular formula is C14H19NO4S. The topological polar surface area (TPSA) is 75.6 Å². The van der Waals surface area contributed by atoms with E-state index in [1.807, 2.05) is 32.2 Å². The number of aliphatic carboxylic acids is 1. The van der Waals surface area contributed by atoms with Crippen LogP contribution in [0.4, 0.5) is 0 Å². The maximum atomic E-state index is 11.6. The third-order valence-corrected chi connectivity index (χ3v) is 3.20. The fourth-order valence-electron chi connectivity index (χ4n) is 1.32. The highest BCUT2D eigenvalue weighted by atomic mass is 32.1. The van der Waals surface area contributed by atoms with Gasteiger partial charge in [0.25, 0.3) is 0 Å². The van der Waals surface area contributed by atoms with Gasteiger partial charge in [-0.2, -0.15) is 0 Å². The first-order chi connectivity index (χ1) is 9.28. The molecule has 20 heavy (non-hydrogen) atoms. The Bertz CT molecular complexity index is 500. The van der Waals surface area contributed by atoms with Crippen molar-refractivity contribution in [2.75, 3.05) is 6.61 Å². The molecule has 0 radical (unpaired) electrons. The van der Waals surface area contributed by atoms with Gasteiger partial charge < -0.3 is 15.2 Å². The maximum Gasteiger partial charge on any atom is 0.328 e. The average molecular weight is 297 g/mol. The third-order valence-electron chi connectivity index (χ3n) is 2.27. The highest BCUT2D eigenvalue weighted by Gasteiger charge is 2.13. The summed E-state index contributed by atoms with van der Waals surface area (Å²) >= 11 is 1.47. The minimum absolute atomic E-state index is 0.00910. The molecule has 0 saturated heterocycles. The monoisotopic (exact) mass is 297 g/mol. The Morgan fingerprint density at radius 2 is 2.15 bits per heavy atom. The molecule has 110 valence electrons. The molecule has 0 aliphatic heterocycles. The second-order valence-corrected chi connectivity index (χ2v) is 6.15. The summed E-state index contributed by atoms with van der Waals surface area (Å²) in [6.07, 6.45) is 2.60. The average Bonchev–Trinajstić information content (AvgIpc) is 2.77. The molecule has 0 saturated carbocycles. The van der Waals surface area contributed by atoms with Crippen LogP contribution < -0.4 is 5.32 Å². The van der Waals surface area contributed by atoms with E-state index in [1.165, 1.54) is 17.4 Å². The number of ether oxygens (including phenoxy) is 1. The first kappa shape index (κ1) is 16.4. The molecule has 0 bridgehead atoms. The zero-order chi connectivity index (χ0) is 15.2. The summed E-state index contributed by atoms with van der Waals surface area (Å²) in [6.45, 7) is 6.02. The van der Waals surface area contributed by atoms with E-state index < -0.39 is 5.97 Å². The summed E-state index contributed by atoms with van der Waals surface area (Å²) in [6, 6.07) is 1.82. The van der Waals surface area contributed by atoms with Gasteiger partial charge in [0.05, 0.1) is 12.1 Å². The summed E-state index contributed by atoms with van der Waals surface area (Å²) in [5, 5.41) is 13.2. The van der Waals surface area contributed by atoms with E-state index in [0.717, 1.165) is 16.5 Å². The molecule has 0 aliphatic rings. The van der Waals surface area contributed by atoms with Crippen LogP contribution in [0.25, 0.3) is 6.08 Å². The molecule has 0 spiro atoms. The number of carbonyl (C=O) groups excluding carboxylic acids is 1. The van der Waals surface area contributed by atoms with Crippen molar-refractivity contribution in [3.05, 3.63) is 28.0 Å². The second-order valence-electron chi connectivity index (χ2n) is 5.15. The summed E-state index contributed by atoms with van der Waals surface area (Å²) < 4.78 is 5.37. The van der Waals surface area contributed by atoms with E-state index in [-0.39, 0.29) is 18.1 Å². The molecule has 5 nitrogen and oxygen atoms in total. The van der Waals surface area contributed by atoms with Crippen LogP contribution in [0.1, 0.15) is 31.2 Å². The molecular weight excluding hydrogens is 278 g/mol. The van der Waals surface area contributed by atoms with Gasteiger partial charge in [0, 0.05) is 11.0 Å². The number of carbonyl (C=O) groups is 2. The van der Waals surface area contributed by atoms with E-state index >= 15 is 0 Å². The zero-order valence-corrected chi connectivity index (χ0v) is 12.6. The standard InChI is InChI=1S/C14H19NO4S/c1-14(2,3)19-9-12(16)15-8-11-10(6-7-20-11)4-5-13(17)18/h4-7H,8-9H2,1-3H3,(H,15,16)(H,17,18)/b5-4+. The smallest absolute Gasteiger partial charge is 0.328 e. The fraction of sp³-hybridized carbons (Fsp3) is 0.429. The van der Waals surface area contributed by atoms with Gasteiger partial charge in [-0.3, -0.25) is 4.79 Å². The van der Waals surface area contributed by atoms with Gasteiger partial charge >= 0.3 is 5.97 Å². The summed E-state index contributed by atoms with van der Waals surface area (Å²) in [7, 11) is 0. The van der Waals surface area contributed by atoms with Gasteiger partial charge in [0.2, 0.25) is 5.91 Å². The van der Waals surface area contributed by atoms with Gasteiger partial charge in [-0.25, -0.2) is 4.79 Å². The van der Waals surface area contributed by atoms with Crippen LogP contribution in [0, 0.1) is 0 Å². The van der Waals surface area contributed by atoms with Gasteiger partial charge in [0.15, 0.2) is 0 Å². The van der Waals surface area contributed by atoms with Crippen molar-refractivity contribution in [1.29, 1.82) is 0 Å². The van der Waals surface area contributed by atoms with Gasteiger partial charge in [-0.1, -0.05) is 0 Å². The highest BCUT2D eigenvalue weighted by molar-refractivity contribution is 7.10. The summed E-state index contributed by atoms with van der Waals surface area (Å²) in [4.78, 5) is 23.0. The molecule has 6 heteroatoms. The molecule has 0 aromatic carbocycles. The van der Waals surface area contributed by atoms with E-state index in [1.54, 1.807) is 0 Å². The number of amides is 1. The van der Waals surface area contributed by atoms with Gasteiger partial charge in [-0.05, 0) is 43.9 Å². The lowest BCUT2D eigenvalue weighted by Crippen LogP contribution is -2.31. The van der Waals surface area contributed by atoms with E-state index in [9.17, 15) is 9.59 Å². The van der Waals surface area contributed by atoms with Crippen molar-refractivity contribution in [2.24, 2.45) is 0 Å². The minimum Gasteiger partial charge on any atom is -0.478 e. The number of carboxylic acids is 1. The lowest BCUT2D eigenvalue weighted by molar-refractivity contribution is -0.131. The van der Waals surface area contributed by atoms with E-state index in [0.29, 0.717) is 6.54 Å². The van der Waals surface area contributed by atoms with Crippen LogP contribution in [0.3, 0.4) is 0 Å². The van der Waals surface area contributed by atoms with Crippen molar-refractivity contribution in [3.63, 3.8) is 0 Å². The Balaban J connectivity index is 2.48. The normalized spacial score (nSPS) is 11.8. The quantitative estimate of drug-likeness (QED) is 0.790. The molecule has 0 fully saturated rings. The number of carboxylic acid groups (broad SMARTS) is 1.